The Kier molecular flexibility index (Phi) is 3.23. The van der Waals surface area contributed by atoms with E-state index in [0.717, 1.165) is 4.57 Å². The first-order valence-electron chi connectivity index (χ1n) is 6.41. The molecule has 2 aromatic carbocycles. The predicted molar refractivity (Wildman–Crippen MR) is 81.8 cm³/mol. The van der Waals surface area contributed by atoms with Crippen molar-refractivity contribution < 1.29 is 9.90 Å². The number of carboxylic acid groups (broad SMARTS) is 1. The van der Waals surface area contributed by atoms with Gasteiger partial charge in [-0.05, 0) is 36.4 Å². The fourth-order valence-corrected chi connectivity index (χ4v) is 2.21. The molecule has 0 aliphatic carbocycles. The quantitative estimate of drug-likeness (QED) is 0.670. The molecule has 7 heteroatoms. The van der Waals surface area contributed by atoms with Gasteiger partial charge in [0, 0.05) is 5.69 Å². The summed E-state index contributed by atoms with van der Waals surface area (Å²) in [5, 5.41) is 11.2. The van der Waals surface area contributed by atoms with Crippen LogP contribution in [0.4, 0.5) is 10.5 Å². The maximum Gasteiger partial charge on any atom is 0.409 e. The summed E-state index contributed by atoms with van der Waals surface area (Å²) in [5.41, 5.74) is 0.188. The van der Waals surface area contributed by atoms with Crippen LogP contribution in [0, 0.1) is 0 Å². The molecular weight excluding hydrogens is 286 g/mol. The van der Waals surface area contributed by atoms with Crippen molar-refractivity contribution >= 4 is 22.7 Å². The van der Waals surface area contributed by atoms with E-state index in [-0.39, 0.29) is 0 Å². The van der Waals surface area contributed by atoms with Crippen molar-refractivity contribution in [2.24, 2.45) is 0 Å². The highest BCUT2D eigenvalue weighted by Crippen LogP contribution is 2.12. The molecule has 0 unspecified atom stereocenters. The molecule has 1 aromatic heterocycles. The molecule has 3 N–H and O–H groups in total. The summed E-state index contributed by atoms with van der Waals surface area (Å²) in [6, 6.07) is 12.7. The molecule has 7 nitrogen and oxygen atoms in total. The summed E-state index contributed by atoms with van der Waals surface area (Å²) in [7, 11) is 0. The van der Waals surface area contributed by atoms with Crippen molar-refractivity contribution in [3.8, 4) is 5.69 Å². The number of aromatic nitrogens is 2. The zero-order chi connectivity index (χ0) is 15.7. The van der Waals surface area contributed by atoms with E-state index in [1.165, 1.54) is 24.3 Å². The lowest BCUT2D eigenvalue weighted by Gasteiger charge is -2.07. The third-order valence-electron chi connectivity index (χ3n) is 3.18. The maximum atomic E-state index is 12.4. The smallest absolute Gasteiger partial charge is 0.409 e. The molecule has 1 heterocycles. The van der Waals surface area contributed by atoms with Crippen LogP contribution in [-0.4, -0.2) is 20.8 Å². The molecule has 3 rings (SSSR count). The van der Waals surface area contributed by atoms with E-state index < -0.39 is 17.3 Å². The molecule has 0 atom stereocenters. The molecule has 0 spiro atoms. The SMILES string of the molecule is O=C(O)Nc1ccc(-n2c(=O)[nH]c3ccccc3c2=O)cc1. The highest BCUT2D eigenvalue weighted by atomic mass is 16.4. The van der Waals surface area contributed by atoms with Gasteiger partial charge in [-0.25, -0.2) is 14.2 Å². The Hall–Kier alpha value is -3.35. The summed E-state index contributed by atoms with van der Waals surface area (Å²) in [6.45, 7) is 0. The van der Waals surface area contributed by atoms with Crippen LogP contribution in [0.5, 0.6) is 0 Å². The number of fused-ring (bicyclic) bond motifs is 1. The Balaban J connectivity index is 2.16. The van der Waals surface area contributed by atoms with Crippen molar-refractivity contribution in [1.29, 1.82) is 0 Å². The largest absolute Gasteiger partial charge is 0.465 e. The molecule has 0 saturated carbocycles. The topological polar surface area (TPSA) is 104 Å². The summed E-state index contributed by atoms with van der Waals surface area (Å²) in [4.78, 5) is 37.8. The third kappa shape index (κ3) is 2.35. The van der Waals surface area contributed by atoms with Crippen molar-refractivity contribution in [2.45, 2.75) is 0 Å². The van der Waals surface area contributed by atoms with Gasteiger partial charge in [0.25, 0.3) is 5.56 Å². The monoisotopic (exact) mass is 297 g/mol. The first-order valence-corrected chi connectivity index (χ1v) is 6.41. The van der Waals surface area contributed by atoms with Gasteiger partial charge in [0.2, 0.25) is 0 Å². The van der Waals surface area contributed by atoms with E-state index in [0.29, 0.717) is 22.3 Å². The minimum absolute atomic E-state index is 0.349. The first kappa shape index (κ1) is 13.6. The second kappa shape index (κ2) is 5.21. The van der Waals surface area contributed by atoms with E-state index in [4.69, 9.17) is 5.11 Å². The first-order chi connectivity index (χ1) is 10.6. The zero-order valence-electron chi connectivity index (χ0n) is 11.2. The van der Waals surface area contributed by atoms with Gasteiger partial charge >= 0.3 is 11.8 Å². The van der Waals surface area contributed by atoms with Gasteiger partial charge < -0.3 is 10.1 Å². The fraction of sp³-hybridized carbons (Fsp3) is 0. The highest BCUT2D eigenvalue weighted by molar-refractivity contribution is 5.83. The summed E-state index contributed by atoms with van der Waals surface area (Å²) < 4.78 is 1.01. The minimum Gasteiger partial charge on any atom is -0.465 e. The number of benzene rings is 2. The van der Waals surface area contributed by atoms with Gasteiger partial charge in [-0.15, -0.1) is 0 Å². The van der Waals surface area contributed by atoms with Crippen LogP contribution in [0.25, 0.3) is 16.6 Å². The van der Waals surface area contributed by atoms with Gasteiger partial charge in [0.05, 0.1) is 16.6 Å². The van der Waals surface area contributed by atoms with Gasteiger partial charge in [0.15, 0.2) is 0 Å². The Labute approximate surface area is 123 Å². The average molecular weight is 297 g/mol. The molecule has 110 valence electrons. The Morgan fingerprint density at radius 2 is 1.73 bits per heavy atom. The molecule has 0 bridgehead atoms. The van der Waals surface area contributed by atoms with E-state index >= 15 is 0 Å². The van der Waals surface area contributed by atoms with Crippen molar-refractivity contribution in [2.75, 3.05) is 5.32 Å². The normalized spacial score (nSPS) is 10.5. The number of amides is 1. The lowest BCUT2D eigenvalue weighted by molar-refractivity contribution is 0.210. The Morgan fingerprint density at radius 1 is 1.05 bits per heavy atom. The van der Waals surface area contributed by atoms with Crippen LogP contribution in [0.1, 0.15) is 0 Å². The van der Waals surface area contributed by atoms with Crippen molar-refractivity contribution in [3.63, 3.8) is 0 Å². The highest BCUT2D eigenvalue weighted by Gasteiger charge is 2.09. The van der Waals surface area contributed by atoms with Crippen LogP contribution >= 0.6 is 0 Å². The van der Waals surface area contributed by atoms with Crippen LogP contribution in [0.15, 0.2) is 58.1 Å². The lowest BCUT2D eigenvalue weighted by atomic mass is 10.2. The van der Waals surface area contributed by atoms with Crippen LogP contribution in [0.3, 0.4) is 0 Å². The molecule has 0 fully saturated rings. The molecule has 0 saturated heterocycles. The van der Waals surface area contributed by atoms with E-state index in [2.05, 4.69) is 10.3 Å². The molecule has 0 aliphatic rings. The zero-order valence-corrected chi connectivity index (χ0v) is 11.2. The number of nitrogens with zero attached hydrogens (tertiary/aromatic N) is 1. The second-order valence-corrected chi connectivity index (χ2v) is 4.59. The fourth-order valence-electron chi connectivity index (χ4n) is 2.21. The van der Waals surface area contributed by atoms with Crippen LogP contribution < -0.4 is 16.6 Å². The number of aromatic amines is 1. The molecule has 1 amide bonds. The molecule has 0 radical (unpaired) electrons. The van der Waals surface area contributed by atoms with Gasteiger partial charge in [0.1, 0.15) is 0 Å². The Bertz CT molecular complexity index is 970. The van der Waals surface area contributed by atoms with Crippen molar-refractivity contribution in [1.82, 2.24) is 9.55 Å². The standard InChI is InChI=1S/C15H11N3O4/c19-13-11-3-1-2-4-12(11)17-14(20)18(13)10-7-5-9(6-8-10)16-15(21)22/h1-8,16H,(H,17,20)(H,21,22). The van der Waals surface area contributed by atoms with Gasteiger partial charge in [-0.2, -0.15) is 0 Å². The number of hydrogen-bond acceptors (Lipinski definition) is 3. The van der Waals surface area contributed by atoms with E-state index in [1.807, 2.05) is 0 Å². The third-order valence-corrected chi connectivity index (χ3v) is 3.18. The number of hydrogen-bond donors (Lipinski definition) is 3. The lowest BCUT2D eigenvalue weighted by Crippen LogP contribution is -2.33. The molecule has 22 heavy (non-hydrogen) atoms. The molecule has 0 aliphatic heterocycles. The maximum absolute atomic E-state index is 12.4. The Morgan fingerprint density at radius 3 is 2.41 bits per heavy atom. The van der Waals surface area contributed by atoms with Crippen LogP contribution in [0.2, 0.25) is 0 Å². The summed E-state index contributed by atoms with van der Waals surface area (Å²) in [6.07, 6.45) is -1.19. The van der Waals surface area contributed by atoms with E-state index in [1.54, 1.807) is 24.3 Å². The van der Waals surface area contributed by atoms with Gasteiger partial charge in [-0.3, -0.25) is 10.1 Å². The number of anilines is 1. The van der Waals surface area contributed by atoms with E-state index in [9.17, 15) is 14.4 Å². The number of para-hydroxylation sites is 1. The minimum atomic E-state index is -1.19. The average Bonchev–Trinajstić information content (AvgIpc) is 2.48. The molecular formula is C15H11N3O4. The predicted octanol–water partition coefficient (Wildman–Crippen LogP) is 1.77. The number of rotatable bonds is 2. The van der Waals surface area contributed by atoms with Crippen molar-refractivity contribution in [3.05, 3.63) is 69.4 Å². The number of H-pyrrole nitrogens is 1. The second-order valence-electron chi connectivity index (χ2n) is 4.59. The number of carbonyl (C=O) groups is 1. The summed E-state index contributed by atoms with van der Waals surface area (Å²) >= 11 is 0. The van der Waals surface area contributed by atoms with Gasteiger partial charge in [-0.1, -0.05) is 12.1 Å². The summed E-state index contributed by atoms with van der Waals surface area (Å²) in [5.74, 6) is 0. The molecule has 3 aromatic rings. The number of nitrogens with one attached hydrogen (secondary N) is 2. The van der Waals surface area contributed by atoms with Crippen LogP contribution in [-0.2, 0) is 0 Å².